The zero-order valence-corrected chi connectivity index (χ0v) is 9.83. The van der Waals surface area contributed by atoms with Crippen LogP contribution in [0.4, 0.5) is 0 Å². The Morgan fingerprint density at radius 2 is 2.00 bits per heavy atom. The minimum atomic E-state index is 0.119. The maximum absolute atomic E-state index is 6.21. The SMILES string of the molecule is CCC(C)C(N)c1c(C)nn(C)c1C. The fourth-order valence-electron chi connectivity index (χ4n) is 1.81. The Morgan fingerprint density at radius 1 is 1.43 bits per heavy atom. The Balaban J connectivity index is 3.05. The zero-order valence-electron chi connectivity index (χ0n) is 9.83. The average Bonchev–Trinajstić information content (AvgIpc) is 2.39. The van der Waals surface area contributed by atoms with Gasteiger partial charge in [-0.05, 0) is 19.8 Å². The third-order valence-corrected chi connectivity index (χ3v) is 3.16. The van der Waals surface area contributed by atoms with Crippen molar-refractivity contribution in [3.05, 3.63) is 17.0 Å². The maximum Gasteiger partial charge on any atom is 0.0644 e. The molecule has 1 rings (SSSR count). The normalized spacial score (nSPS) is 15.6. The molecule has 80 valence electrons. The smallest absolute Gasteiger partial charge is 0.0644 e. The predicted octanol–water partition coefficient (Wildman–Crippen LogP) is 2.08. The number of hydrogen-bond donors (Lipinski definition) is 1. The van der Waals surface area contributed by atoms with Gasteiger partial charge >= 0.3 is 0 Å². The van der Waals surface area contributed by atoms with Crippen molar-refractivity contribution in [2.45, 2.75) is 40.2 Å². The van der Waals surface area contributed by atoms with Crippen LogP contribution in [0.2, 0.25) is 0 Å². The first kappa shape index (κ1) is 11.2. The summed E-state index contributed by atoms with van der Waals surface area (Å²) in [6.07, 6.45) is 1.11. The van der Waals surface area contributed by atoms with Gasteiger partial charge in [-0.2, -0.15) is 5.10 Å². The average molecular weight is 195 g/mol. The second kappa shape index (κ2) is 4.13. The molecule has 0 spiro atoms. The molecule has 1 aromatic heterocycles. The van der Waals surface area contributed by atoms with Crippen LogP contribution < -0.4 is 5.73 Å². The first-order valence-corrected chi connectivity index (χ1v) is 5.24. The van der Waals surface area contributed by atoms with E-state index in [0.29, 0.717) is 5.92 Å². The molecule has 0 aliphatic heterocycles. The minimum absolute atomic E-state index is 0.119. The largest absolute Gasteiger partial charge is 0.324 e. The van der Waals surface area contributed by atoms with Gasteiger partial charge in [-0.25, -0.2) is 0 Å². The maximum atomic E-state index is 6.21. The van der Waals surface area contributed by atoms with E-state index in [1.807, 2.05) is 18.7 Å². The Labute approximate surface area is 86.3 Å². The van der Waals surface area contributed by atoms with Crippen LogP contribution in [0.1, 0.15) is 43.3 Å². The fourth-order valence-corrected chi connectivity index (χ4v) is 1.81. The summed E-state index contributed by atoms with van der Waals surface area (Å²) in [5.41, 5.74) is 9.69. The van der Waals surface area contributed by atoms with Crippen molar-refractivity contribution in [3.63, 3.8) is 0 Å². The van der Waals surface area contributed by atoms with Gasteiger partial charge in [-0.1, -0.05) is 20.3 Å². The van der Waals surface area contributed by atoms with Crippen LogP contribution in [0.25, 0.3) is 0 Å². The second-order valence-electron chi connectivity index (χ2n) is 4.12. The zero-order chi connectivity index (χ0) is 10.9. The van der Waals surface area contributed by atoms with Crippen molar-refractivity contribution in [2.24, 2.45) is 18.7 Å². The Hall–Kier alpha value is -0.830. The highest BCUT2D eigenvalue weighted by Crippen LogP contribution is 2.26. The van der Waals surface area contributed by atoms with E-state index in [2.05, 4.69) is 25.9 Å². The molecule has 0 aliphatic carbocycles. The topological polar surface area (TPSA) is 43.8 Å². The summed E-state index contributed by atoms with van der Waals surface area (Å²) in [6, 6.07) is 0.119. The molecule has 0 saturated heterocycles. The van der Waals surface area contributed by atoms with Crippen LogP contribution in [-0.2, 0) is 7.05 Å². The van der Waals surface area contributed by atoms with E-state index >= 15 is 0 Å². The van der Waals surface area contributed by atoms with Crippen LogP contribution >= 0.6 is 0 Å². The summed E-state index contributed by atoms with van der Waals surface area (Å²) in [5.74, 6) is 0.511. The second-order valence-corrected chi connectivity index (χ2v) is 4.12. The molecule has 0 amide bonds. The third kappa shape index (κ3) is 1.82. The lowest BCUT2D eigenvalue weighted by atomic mass is 9.92. The molecule has 1 heterocycles. The standard InChI is InChI=1S/C11H21N3/c1-6-7(2)11(12)10-8(3)13-14(5)9(10)4/h7,11H,6,12H2,1-5H3. The number of rotatable bonds is 3. The summed E-state index contributed by atoms with van der Waals surface area (Å²) >= 11 is 0. The van der Waals surface area contributed by atoms with E-state index in [-0.39, 0.29) is 6.04 Å². The summed E-state index contributed by atoms with van der Waals surface area (Å²) in [4.78, 5) is 0. The first-order valence-electron chi connectivity index (χ1n) is 5.24. The van der Waals surface area contributed by atoms with Crippen molar-refractivity contribution in [1.29, 1.82) is 0 Å². The van der Waals surface area contributed by atoms with Crippen LogP contribution in [0.5, 0.6) is 0 Å². The lowest BCUT2D eigenvalue weighted by Crippen LogP contribution is -2.20. The lowest BCUT2D eigenvalue weighted by Gasteiger charge is -2.18. The van der Waals surface area contributed by atoms with Crippen molar-refractivity contribution < 1.29 is 0 Å². The molecule has 14 heavy (non-hydrogen) atoms. The fraction of sp³-hybridized carbons (Fsp3) is 0.727. The number of hydrogen-bond acceptors (Lipinski definition) is 2. The molecule has 0 radical (unpaired) electrons. The van der Waals surface area contributed by atoms with Crippen molar-refractivity contribution in [3.8, 4) is 0 Å². The predicted molar refractivity (Wildman–Crippen MR) is 59.1 cm³/mol. The molecule has 0 bridgehead atoms. The van der Waals surface area contributed by atoms with E-state index in [1.165, 1.54) is 11.3 Å². The summed E-state index contributed by atoms with van der Waals surface area (Å²) in [7, 11) is 1.97. The molecule has 1 aromatic rings. The molecular formula is C11H21N3. The van der Waals surface area contributed by atoms with E-state index < -0.39 is 0 Å². The van der Waals surface area contributed by atoms with Crippen LogP contribution in [0, 0.1) is 19.8 Å². The number of nitrogens with two attached hydrogens (primary N) is 1. The van der Waals surface area contributed by atoms with Crippen molar-refractivity contribution in [2.75, 3.05) is 0 Å². The minimum Gasteiger partial charge on any atom is -0.324 e. The number of aromatic nitrogens is 2. The Bertz CT molecular complexity index is 315. The highest BCUT2D eigenvalue weighted by Gasteiger charge is 2.20. The van der Waals surface area contributed by atoms with E-state index in [0.717, 1.165) is 12.1 Å². The van der Waals surface area contributed by atoms with Crippen LogP contribution in [0.3, 0.4) is 0 Å². The van der Waals surface area contributed by atoms with E-state index in [4.69, 9.17) is 5.73 Å². The van der Waals surface area contributed by atoms with Gasteiger partial charge in [-0.15, -0.1) is 0 Å². The van der Waals surface area contributed by atoms with E-state index in [9.17, 15) is 0 Å². The highest BCUT2D eigenvalue weighted by atomic mass is 15.3. The number of nitrogens with zero attached hydrogens (tertiary/aromatic N) is 2. The Kier molecular flexibility index (Phi) is 3.32. The molecule has 0 saturated carbocycles. The van der Waals surface area contributed by atoms with Gasteiger partial charge in [0, 0.05) is 24.3 Å². The highest BCUT2D eigenvalue weighted by molar-refractivity contribution is 5.28. The van der Waals surface area contributed by atoms with Crippen molar-refractivity contribution in [1.82, 2.24) is 9.78 Å². The third-order valence-electron chi connectivity index (χ3n) is 3.16. The molecule has 2 N–H and O–H groups in total. The molecule has 0 aliphatic rings. The van der Waals surface area contributed by atoms with Gasteiger partial charge in [0.2, 0.25) is 0 Å². The van der Waals surface area contributed by atoms with Gasteiger partial charge in [-0.3, -0.25) is 4.68 Å². The molecule has 2 unspecified atom stereocenters. The van der Waals surface area contributed by atoms with Gasteiger partial charge in [0.05, 0.1) is 5.69 Å². The van der Waals surface area contributed by atoms with Crippen LogP contribution in [0.15, 0.2) is 0 Å². The number of aryl methyl sites for hydroxylation is 2. The monoisotopic (exact) mass is 195 g/mol. The van der Waals surface area contributed by atoms with Crippen LogP contribution in [-0.4, -0.2) is 9.78 Å². The lowest BCUT2D eigenvalue weighted by molar-refractivity contribution is 0.453. The summed E-state index contributed by atoms with van der Waals surface area (Å²) < 4.78 is 1.91. The van der Waals surface area contributed by atoms with Gasteiger partial charge in [0.15, 0.2) is 0 Å². The quantitative estimate of drug-likeness (QED) is 0.802. The first-order chi connectivity index (χ1) is 6.49. The molecule has 0 aromatic carbocycles. The molecular weight excluding hydrogens is 174 g/mol. The molecule has 2 atom stereocenters. The summed E-state index contributed by atoms with van der Waals surface area (Å²) in [6.45, 7) is 8.48. The van der Waals surface area contributed by atoms with Crippen molar-refractivity contribution >= 4 is 0 Å². The van der Waals surface area contributed by atoms with Gasteiger partial charge in [0.1, 0.15) is 0 Å². The summed E-state index contributed by atoms with van der Waals surface area (Å²) in [5, 5.41) is 4.39. The van der Waals surface area contributed by atoms with Gasteiger partial charge < -0.3 is 5.73 Å². The molecule has 0 fully saturated rings. The van der Waals surface area contributed by atoms with E-state index in [1.54, 1.807) is 0 Å². The molecule has 3 heteroatoms. The molecule has 3 nitrogen and oxygen atoms in total. The van der Waals surface area contributed by atoms with Gasteiger partial charge in [0.25, 0.3) is 0 Å². The Morgan fingerprint density at radius 3 is 2.36 bits per heavy atom.